The lowest BCUT2D eigenvalue weighted by Crippen LogP contribution is -2.33. The van der Waals surface area contributed by atoms with E-state index in [0.717, 1.165) is 6.08 Å². The summed E-state index contributed by atoms with van der Waals surface area (Å²) >= 11 is 11.5. The highest BCUT2D eigenvalue weighted by atomic mass is 35.5. The predicted octanol–water partition coefficient (Wildman–Crippen LogP) is 4.33. The van der Waals surface area contributed by atoms with Crippen LogP contribution in [0.5, 0.6) is 5.75 Å². The van der Waals surface area contributed by atoms with Crippen LogP contribution in [0.1, 0.15) is 5.56 Å². The maximum absolute atomic E-state index is 12.4. The standard InChI is InChI=1S/C10H5Cl2F3O/c11-6-3-5-1-2-8(10(13,14)15)16-9(5)7(12)4-6/h1-4,8H/t8-/m0/s1. The molecule has 0 N–H and O–H groups in total. The second-order valence-corrected chi connectivity index (χ2v) is 4.09. The molecular weight excluding hydrogens is 264 g/mol. The summed E-state index contributed by atoms with van der Waals surface area (Å²) in [4.78, 5) is 0. The molecule has 1 aromatic rings. The van der Waals surface area contributed by atoms with Crippen molar-refractivity contribution in [2.75, 3.05) is 0 Å². The van der Waals surface area contributed by atoms with Gasteiger partial charge in [-0.15, -0.1) is 0 Å². The summed E-state index contributed by atoms with van der Waals surface area (Å²) in [6.45, 7) is 0. The summed E-state index contributed by atoms with van der Waals surface area (Å²) in [5.74, 6) is 0.0101. The van der Waals surface area contributed by atoms with E-state index in [1.807, 2.05) is 0 Å². The normalized spacial score (nSPS) is 19.2. The number of fused-ring (bicyclic) bond motifs is 1. The first-order chi connectivity index (χ1) is 7.38. The van der Waals surface area contributed by atoms with E-state index >= 15 is 0 Å². The fraction of sp³-hybridized carbons (Fsp3) is 0.200. The van der Waals surface area contributed by atoms with Crippen LogP contribution >= 0.6 is 23.2 Å². The molecule has 16 heavy (non-hydrogen) atoms. The minimum atomic E-state index is -4.45. The van der Waals surface area contributed by atoms with Crippen LogP contribution in [0.4, 0.5) is 13.2 Å². The Bertz CT molecular complexity index is 454. The lowest BCUT2D eigenvalue weighted by molar-refractivity contribution is -0.180. The molecule has 0 fully saturated rings. The average molecular weight is 269 g/mol. The molecule has 0 amide bonds. The maximum atomic E-state index is 12.4. The lowest BCUT2D eigenvalue weighted by atomic mass is 10.1. The third kappa shape index (κ3) is 2.13. The summed E-state index contributed by atoms with van der Waals surface area (Å²) in [6, 6.07) is 2.83. The molecule has 1 atom stereocenters. The molecular formula is C10H5Cl2F3O. The second-order valence-electron chi connectivity index (χ2n) is 3.25. The van der Waals surface area contributed by atoms with Crippen LogP contribution in [0, 0.1) is 0 Å². The number of hydrogen-bond acceptors (Lipinski definition) is 1. The molecule has 1 aliphatic heterocycles. The summed E-state index contributed by atoms with van der Waals surface area (Å²) in [6.07, 6.45) is -4.18. The van der Waals surface area contributed by atoms with Gasteiger partial charge in [-0.2, -0.15) is 13.2 Å². The van der Waals surface area contributed by atoms with Gasteiger partial charge in [0.1, 0.15) is 5.75 Å². The van der Waals surface area contributed by atoms with Gasteiger partial charge in [0.2, 0.25) is 6.10 Å². The van der Waals surface area contributed by atoms with E-state index in [1.165, 1.54) is 18.2 Å². The third-order valence-corrected chi connectivity index (χ3v) is 2.55. The van der Waals surface area contributed by atoms with E-state index in [-0.39, 0.29) is 10.8 Å². The lowest BCUT2D eigenvalue weighted by Gasteiger charge is -2.24. The van der Waals surface area contributed by atoms with E-state index in [9.17, 15) is 13.2 Å². The molecule has 1 heterocycles. The molecule has 0 radical (unpaired) electrons. The number of ether oxygens (including phenoxy) is 1. The van der Waals surface area contributed by atoms with Crippen molar-refractivity contribution in [3.63, 3.8) is 0 Å². The van der Waals surface area contributed by atoms with Gasteiger partial charge in [-0.3, -0.25) is 0 Å². The molecule has 0 aromatic heterocycles. The smallest absolute Gasteiger partial charge is 0.429 e. The van der Waals surface area contributed by atoms with Crippen LogP contribution in [0.25, 0.3) is 6.08 Å². The predicted molar refractivity (Wildman–Crippen MR) is 56.0 cm³/mol. The summed E-state index contributed by atoms with van der Waals surface area (Å²) in [5.41, 5.74) is 0.443. The van der Waals surface area contributed by atoms with Gasteiger partial charge in [-0.1, -0.05) is 29.3 Å². The SMILES string of the molecule is FC(F)(F)[C@@H]1C=Cc2cc(Cl)cc(Cl)c2O1. The molecule has 0 spiro atoms. The Hall–Kier alpha value is -0.870. The van der Waals surface area contributed by atoms with Crippen LogP contribution in [-0.4, -0.2) is 12.3 Å². The van der Waals surface area contributed by atoms with Gasteiger partial charge in [-0.25, -0.2) is 0 Å². The monoisotopic (exact) mass is 268 g/mol. The highest BCUT2D eigenvalue weighted by molar-refractivity contribution is 6.35. The van der Waals surface area contributed by atoms with Crippen molar-refractivity contribution in [2.24, 2.45) is 0 Å². The molecule has 86 valence electrons. The van der Waals surface area contributed by atoms with E-state index < -0.39 is 12.3 Å². The summed E-state index contributed by atoms with van der Waals surface area (Å²) in [5, 5.41) is 0.420. The Balaban J connectivity index is 2.42. The van der Waals surface area contributed by atoms with Gasteiger partial charge in [0, 0.05) is 10.6 Å². The first-order valence-corrected chi connectivity index (χ1v) is 5.04. The van der Waals surface area contributed by atoms with Crippen LogP contribution < -0.4 is 4.74 Å². The molecule has 2 rings (SSSR count). The number of halogens is 5. The Morgan fingerprint density at radius 3 is 2.50 bits per heavy atom. The van der Waals surface area contributed by atoms with E-state index in [2.05, 4.69) is 0 Å². The van der Waals surface area contributed by atoms with Crippen molar-refractivity contribution in [3.8, 4) is 5.75 Å². The minimum Gasteiger partial charge on any atom is -0.475 e. The van der Waals surface area contributed by atoms with Gasteiger partial charge in [0.05, 0.1) is 5.02 Å². The zero-order valence-electron chi connectivity index (χ0n) is 7.68. The second kappa shape index (κ2) is 3.86. The van der Waals surface area contributed by atoms with Crippen molar-refractivity contribution in [2.45, 2.75) is 12.3 Å². The van der Waals surface area contributed by atoms with E-state index in [4.69, 9.17) is 27.9 Å². The number of alkyl halides is 3. The quantitative estimate of drug-likeness (QED) is 0.681. The first kappa shape index (κ1) is 11.6. The zero-order chi connectivity index (χ0) is 11.9. The molecule has 0 bridgehead atoms. The Morgan fingerprint density at radius 1 is 1.19 bits per heavy atom. The van der Waals surface area contributed by atoms with Gasteiger partial charge < -0.3 is 4.74 Å². The molecule has 6 heteroatoms. The molecule has 1 aliphatic rings. The van der Waals surface area contributed by atoms with Gasteiger partial charge in [0.25, 0.3) is 0 Å². The first-order valence-electron chi connectivity index (χ1n) is 4.28. The molecule has 1 aromatic carbocycles. The third-order valence-electron chi connectivity index (χ3n) is 2.06. The van der Waals surface area contributed by atoms with Gasteiger partial charge in [0.15, 0.2) is 0 Å². The molecule has 0 aliphatic carbocycles. The zero-order valence-corrected chi connectivity index (χ0v) is 9.20. The number of benzene rings is 1. The largest absolute Gasteiger partial charge is 0.475 e. The van der Waals surface area contributed by atoms with Crippen molar-refractivity contribution in [1.29, 1.82) is 0 Å². The highest BCUT2D eigenvalue weighted by Crippen LogP contribution is 2.39. The molecule has 0 unspecified atom stereocenters. The molecule has 0 saturated carbocycles. The van der Waals surface area contributed by atoms with E-state index in [1.54, 1.807) is 0 Å². The Morgan fingerprint density at radius 2 is 1.88 bits per heavy atom. The van der Waals surface area contributed by atoms with Crippen molar-refractivity contribution < 1.29 is 17.9 Å². The molecule has 1 nitrogen and oxygen atoms in total. The van der Waals surface area contributed by atoms with Gasteiger partial charge >= 0.3 is 6.18 Å². The Labute approximate surface area is 99.4 Å². The minimum absolute atomic E-state index is 0.0101. The van der Waals surface area contributed by atoms with Crippen LogP contribution in [-0.2, 0) is 0 Å². The van der Waals surface area contributed by atoms with Crippen molar-refractivity contribution in [1.82, 2.24) is 0 Å². The van der Waals surface area contributed by atoms with Crippen molar-refractivity contribution >= 4 is 29.3 Å². The number of hydrogen-bond donors (Lipinski definition) is 0. The summed E-state index contributed by atoms with van der Waals surface area (Å²) in [7, 11) is 0. The highest BCUT2D eigenvalue weighted by Gasteiger charge is 2.41. The average Bonchev–Trinajstić information content (AvgIpc) is 2.15. The molecule has 0 saturated heterocycles. The van der Waals surface area contributed by atoms with Crippen LogP contribution in [0.3, 0.4) is 0 Å². The summed E-state index contributed by atoms with van der Waals surface area (Å²) < 4.78 is 42.0. The van der Waals surface area contributed by atoms with Crippen molar-refractivity contribution in [3.05, 3.63) is 33.8 Å². The number of rotatable bonds is 0. The fourth-order valence-corrected chi connectivity index (χ4v) is 1.92. The topological polar surface area (TPSA) is 9.23 Å². The van der Waals surface area contributed by atoms with Crippen LogP contribution in [0.15, 0.2) is 18.2 Å². The van der Waals surface area contributed by atoms with Gasteiger partial charge in [-0.05, 0) is 18.2 Å². The Kier molecular flexibility index (Phi) is 2.80. The van der Waals surface area contributed by atoms with Crippen LogP contribution in [0.2, 0.25) is 10.0 Å². The fourth-order valence-electron chi connectivity index (χ4n) is 1.36. The van der Waals surface area contributed by atoms with E-state index in [0.29, 0.717) is 10.6 Å². The maximum Gasteiger partial charge on any atom is 0.429 e.